The topological polar surface area (TPSA) is 91.6 Å². The molecule has 1 fully saturated rings. The summed E-state index contributed by atoms with van der Waals surface area (Å²) >= 11 is 0. The van der Waals surface area contributed by atoms with Gasteiger partial charge < -0.3 is 9.09 Å². The van der Waals surface area contributed by atoms with E-state index in [9.17, 15) is 9.18 Å². The molecule has 0 bridgehead atoms. The number of hydrogen-bond donors (Lipinski definition) is 0. The minimum atomic E-state index is -0.222. The van der Waals surface area contributed by atoms with E-state index in [1.807, 2.05) is 12.1 Å². The number of imidazole rings is 1. The molecule has 0 N–H and O–H groups in total. The number of halogens is 1. The molecule has 0 saturated heterocycles. The van der Waals surface area contributed by atoms with Crippen LogP contribution in [-0.2, 0) is 13.6 Å². The van der Waals surface area contributed by atoms with Gasteiger partial charge in [0.25, 0.3) is 5.56 Å². The van der Waals surface area contributed by atoms with Gasteiger partial charge in [-0.05, 0) is 42.9 Å². The zero-order valence-corrected chi connectivity index (χ0v) is 15.8. The van der Waals surface area contributed by atoms with Crippen molar-refractivity contribution in [2.75, 3.05) is 0 Å². The van der Waals surface area contributed by atoms with Crippen molar-refractivity contribution in [3.63, 3.8) is 0 Å². The lowest BCUT2D eigenvalue weighted by atomic mass is 9.96. The van der Waals surface area contributed by atoms with Crippen molar-refractivity contribution in [3.8, 4) is 0 Å². The number of fused-ring (bicyclic) bond motifs is 1. The van der Waals surface area contributed by atoms with Gasteiger partial charge in [0.15, 0.2) is 17.0 Å². The average molecular weight is 394 g/mol. The van der Waals surface area contributed by atoms with E-state index in [1.165, 1.54) is 23.0 Å². The summed E-state index contributed by atoms with van der Waals surface area (Å²) in [6, 6.07) is 6.69. The molecular formula is C20H19FN6O2. The third kappa shape index (κ3) is 3.22. The van der Waals surface area contributed by atoms with Crippen LogP contribution in [0, 0.1) is 5.82 Å². The van der Waals surface area contributed by atoms with Gasteiger partial charge in [-0.2, -0.15) is 4.98 Å². The normalized spacial score (nSPS) is 19.2. The van der Waals surface area contributed by atoms with Crippen LogP contribution in [0.15, 0.2) is 46.2 Å². The second kappa shape index (κ2) is 6.91. The van der Waals surface area contributed by atoms with Crippen LogP contribution in [-0.4, -0.2) is 29.2 Å². The maximum atomic E-state index is 13.1. The van der Waals surface area contributed by atoms with Crippen molar-refractivity contribution in [3.05, 3.63) is 70.4 Å². The van der Waals surface area contributed by atoms with Gasteiger partial charge in [0.1, 0.15) is 18.7 Å². The summed E-state index contributed by atoms with van der Waals surface area (Å²) in [5.41, 5.74) is 1.79. The molecule has 0 radical (unpaired) electrons. The van der Waals surface area contributed by atoms with E-state index >= 15 is 0 Å². The molecule has 1 aliphatic carbocycles. The number of aromatic nitrogens is 6. The molecule has 4 aromatic rings. The Labute approximate surface area is 165 Å². The SMILES string of the molecule is Cn1cnc2ncn(Cc3nc(C4CCC(c5ccc(F)cc5)C4)no3)c(=O)c21. The number of benzene rings is 1. The fourth-order valence-corrected chi connectivity index (χ4v) is 4.08. The molecule has 1 aromatic carbocycles. The van der Waals surface area contributed by atoms with Gasteiger partial charge in [-0.3, -0.25) is 9.36 Å². The number of rotatable bonds is 4. The van der Waals surface area contributed by atoms with E-state index in [1.54, 1.807) is 17.9 Å². The third-order valence-electron chi connectivity index (χ3n) is 5.63. The number of hydrogen-bond acceptors (Lipinski definition) is 6. The van der Waals surface area contributed by atoms with Gasteiger partial charge in [0.05, 0.1) is 6.33 Å². The van der Waals surface area contributed by atoms with Crippen LogP contribution < -0.4 is 5.56 Å². The summed E-state index contributed by atoms with van der Waals surface area (Å²) in [5, 5.41) is 4.14. The first kappa shape index (κ1) is 17.7. The van der Waals surface area contributed by atoms with Crippen LogP contribution >= 0.6 is 0 Å². The van der Waals surface area contributed by atoms with Crippen LogP contribution in [0.4, 0.5) is 4.39 Å². The first-order chi connectivity index (χ1) is 14.1. The predicted octanol–water partition coefficient (Wildman–Crippen LogP) is 2.75. The summed E-state index contributed by atoms with van der Waals surface area (Å²) in [6.07, 6.45) is 5.85. The second-order valence-electron chi connectivity index (χ2n) is 7.51. The Morgan fingerprint density at radius 2 is 1.90 bits per heavy atom. The molecule has 148 valence electrons. The van der Waals surface area contributed by atoms with Gasteiger partial charge >= 0.3 is 0 Å². The smallest absolute Gasteiger partial charge is 0.280 e. The summed E-state index contributed by atoms with van der Waals surface area (Å²) in [7, 11) is 1.76. The highest BCUT2D eigenvalue weighted by atomic mass is 19.1. The Morgan fingerprint density at radius 3 is 2.72 bits per heavy atom. The zero-order chi connectivity index (χ0) is 20.0. The van der Waals surface area contributed by atoms with Gasteiger partial charge in [-0.15, -0.1) is 0 Å². The first-order valence-corrected chi connectivity index (χ1v) is 9.53. The third-order valence-corrected chi connectivity index (χ3v) is 5.63. The van der Waals surface area contributed by atoms with E-state index in [2.05, 4.69) is 20.1 Å². The van der Waals surface area contributed by atoms with E-state index in [0.29, 0.717) is 28.8 Å². The molecule has 5 rings (SSSR count). The maximum Gasteiger partial charge on any atom is 0.280 e. The molecule has 0 aliphatic heterocycles. The van der Waals surface area contributed by atoms with Crippen molar-refractivity contribution in [2.45, 2.75) is 37.6 Å². The highest BCUT2D eigenvalue weighted by Crippen LogP contribution is 2.42. The molecule has 8 nitrogen and oxygen atoms in total. The van der Waals surface area contributed by atoms with Gasteiger partial charge in [-0.1, -0.05) is 17.3 Å². The molecule has 2 unspecified atom stereocenters. The molecule has 0 spiro atoms. The van der Waals surface area contributed by atoms with Crippen LogP contribution in [0.25, 0.3) is 11.2 Å². The average Bonchev–Trinajstić information content (AvgIpc) is 3.45. The lowest BCUT2D eigenvalue weighted by molar-refractivity contribution is 0.361. The van der Waals surface area contributed by atoms with E-state index in [-0.39, 0.29) is 23.8 Å². The van der Waals surface area contributed by atoms with Crippen molar-refractivity contribution in [2.24, 2.45) is 7.05 Å². The van der Waals surface area contributed by atoms with Crippen LogP contribution in [0.1, 0.15) is 48.4 Å². The van der Waals surface area contributed by atoms with Crippen LogP contribution in [0.2, 0.25) is 0 Å². The molecule has 3 aromatic heterocycles. The summed E-state index contributed by atoms with van der Waals surface area (Å²) in [5.74, 6) is 1.36. The van der Waals surface area contributed by atoms with Gasteiger partial charge in [-0.25, -0.2) is 14.4 Å². The molecular weight excluding hydrogens is 375 g/mol. The highest BCUT2D eigenvalue weighted by molar-refractivity contribution is 5.68. The fourth-order valence-electron chi connectivity index (χ4n) is 4.08. The Kier molecular flexibility index (Phi) is 4.22. The first-order valence-electron chi connectivity index (χ1n) is 9.53. The molecule has 1 aliphatic rings. The summed E-state index contributed by atoms with van der Waals surface area (Å²) in [4.78, 5) is 25.5. The fraction of sp³-hybridized carbons (Fsp3) is 0.350. The summed E-state index contributed by atoms with van der Waals surface area (Å²) in [6.45, 7) is 0.161. The highest BCUT2D eigenvalue weighted by Gasteiger charge is 2.30. The van der Waals surface area contributed by atoms with Crippen molar-refractivity contribution in [1.29, 1.82) is 0 Å². The van der Waals surface area contributed by atoms with Gasteiger partial charge in [0.2, 0.25) is 5.89 Å². The Balaban J connectivity index is 1.32. The lowest BCUT2D eigenvalue weighted by Gasteiger charge is -2.09. The molecule has 9 heteroatoms. The Hall–Kier alpha value is -3.36. The van der Waals surface area contributed by atoms with Crippen LogP contribution in [0.5, 0.6) is 0 Å². The molecule has 29 heavy (non-hydrogen) atoms. The lowest BCUT2D eigenvalue weighted by Crippen LogP contribution is -2.22. The second-order valence-corrected chi connectivity index (χ2v) is 7.51. The quantitative estimate of drug-likeness (QED) is 0.529. The Morgan fingerprint density at radius 1 is 1.14 bits per heavy atom. The monoisotopic (exact) mass is 394 g/mol. The summed E-state index contributed by atoms with van der Waals surface area (Å²) < 4.78 is 21.6. The minimum absolute atomic E-state index is 0.161. The Bertz CT molecular complexity index is 1230. The molecule has 3 heterocycles. The minimum Gasteiger partial charge on any atom is -0.337 e. The standard InChI is InChI=1S/C20H19FN6O2/c1-26-10-22-19-17(26)20(28)27(11-23-19)9-16-24-18(25-29-16)14-3-2-13(8-14)12-4-6-15(21)7-5-12/h4-7,10-11,13-14H,2-3,8-9H2,1H3. The zero-order valence-electron chi connectivity index (χ0n) is 15.8. The van der Waals surface area contributed by atoms with E-state index in [0.717, 1.165) is 24.8 Å². The van der Waals surface area contributed by atoms with E-state index in [4.69, 9.17) is 4.52 Å². The molecule has 0 amide bonds. The van der Waals surface area contributed by atoms with Crippen molar-refractivity contribution in [1.82, 2.24) is 29.2 Å². The predicted molar refractivity (Wildman–Crippen MR) is 102 cm³/mol. The maximum absolute atomic E-state index is 13.1. The van der Waals surface area contributed by atoms with Crippen LogP contribution in [0.3, 0.4) is 0 Å². The van der Waals surface area contributed by atoms with Gasteiger partial charge in [0, 0.05) is 13.0 Å². The van der Waals surface area contributed by atoms with Crippen molar-refractivity contribution >= 4 is 11.2 Å². The molecule has 2 atom stereocenters. The van der Waals surface area contributed by atoms with E-state index < -0.39 is 0 Å². The largest absolute Gasteiger partial charge is 0.337 e. The molecule has 1 saturated carbocycles. The number of aryl methyl sites for hydroxylation is 1. The van der Waals surface area contributed by atoms with Crippen molar-refractivity contribution < 1.29 is 8.91 Å². The number of nitrogens with zero attached hydrogens (tertiary/aromatic N) is 6.